The molecule has 4 aliphatic carbocycles. The van der Waals surface area contributed by atoms with Gasteiger partial charge in [0, 0.05) is 10.8 Å². The molecule has 0 unspecified atom stereocenters. The molecule has 0 fully saturated rings. The Kier molecular flexibility index (Phi) is 4.67. The summed E-state index contributed by atoms with van der Waals surface area (Å²) >= 11 is 0. The fraction of sp³-hybridized carbons (Fsp3) is 0.333. The molecule has 0 saturated carbocycles. The molecular weight excluding hydrogens is 432 g/mol. The summed E-state index contributed by atoms with van der Waals surface area (Å²) in [7, 11) is 0. The van der Waals surface area contributed by atoms with Crippen LogP contribution in [0.1, 0.15) is 72.1 Å². The molecule has 4 aliphatic rings. The Hall–Kier alpha value is -3.12. The van der Waals surface area contributed by atoms with E-state index in [1.54, 1.807) is 0 Å². The number of hydrogen-bond acceptors (Lipinski definition) is 0. The van der Waals surface area contributed by atoms with Gasteiger partial charge in [-0.15, -0.1) is 0 Å². The lowest BCUT2D eigenvalue weighted by Crippen LogP contribution is -2.49. The third-order valence-corrected chi connectivity index (χ3v) is 9.32. The van der Waals surface area contributed by atoms with Crippen molar-refractivity contribution in [3.05, 3.63) is 124 Å². The van der Waals surface area contributed by atoms with E-state index < -0.39 is 0 Å². The number of allylic oxidation sites excluding steroid dienone is 12. The molecule has 0 aromatic heterocycles. The molecule has 0 heterocycles. The van der Waals surface area contributed by atoms with E-state index in [4.69, 9.17) is 0 Å². The van der Waals surface area contributed by atoms with Gasteiger partial charge in [0.05, 0.1) is 0 Å². The Balaban J connectivity index is 1.81. The van der Waals surface area contributed by atoms with Gasteiger partial charge < -0.3 is 0 Å². The first-order chi connectivity index (χ1) is 16.9. The van der Waals surface area contributed by atoms with Crippen molar-refractivity contribution in [3.8, 4) is 0 Å². The third-order valence-electron chi connectivity index (χ3n) is 9.32. The smallest absolute Gasteiger partial charge is 0.0321 e. The van der Waals surface area contributed by atoms with E-state index in [2.05, 4.69) is 140 Å². The van der Waals surface area contributed by atoms with Crippen LogP contribution in [0.15, 0.2) is 107 Å². The van der Waals surface area contributed by atoms with Gasteiger partial charge >= 0.3 is 0 Å². The summed E-state index contributed by atoms with van der Waals surface area (Å²) < 4.78 is 0. The zero-order valence-electron chi connectivity index (χ0n) is 23.1. The van der Waals surface area contributed by atoms with Crippen LogP contribution in [-0.2, 0) is 0 Å². The SMILES string of the molecule is CC(C)(C)C1=CC2=CC(c3ccccc3)=C3C=C(C(C)(C)C)C=C4c5ccccc5C(=C1)[C@@]2(C)[C@]43C. The maximum atomic E-state index is 2.53. The summed E-state index contributed by atoms with van der Waals surface area (Å²) in [6, 6.07) is 20.1. The minimum absolute atomic E-state index is 0.0605. The van der Waals surface area contributed by atoms with Crippen LogP contribution in [0.25, 0.3) is 16.7 Å². The summed E-state index contributed by atoms with van der Waals surface area (Å²) in [5.74, 6) is 0. The Morgan fingerprint density at radius 1 is 0.528 bits per heavy atom. The van der Waals surface area contributed by atoms with Crippen LogP contribution in [0.2, 0.25) is 0 Å². The second-order valence-corrected chi connectivity index (χ2v) is 13.4. The standard InChI is InChI=1S/C36H38/c1-33(2,3)24-18-26-19-29(23-14-10-9-11-15-23)32-22-25(34(4,5)6)21-31-28-17-13-12-16-27(28)30(20-24)35(26,7)36(31,32)8/h9-22H,1-8H3/t35-,36+/m0/s1. The first-order valence-electron chi connectivity index (χ1n) is 13.4. The van der Waals surface area contributed by atoms with Crippen molar-refractivity contribution in [2.24, 2.45) is 21.7 Å². The van der Waals surface area contributed by atoms with E-state index in [0.717, 1.165) is 0 Å². The van der Waals surface area contributed by atoms with Crippen molar-refractivity contribution in [1.29, 1.82) is 0 Å². The van der Waals surface area contributed by atoms with E-state index >= 15 is 0 Å². The van der Waals surface area contributed by atoms with Crippen molar-refractivity contribution in [1.82, 2.24) is 0 Å². The van der Waals surface area contributed by atoms with Gasteiger partial charge in [-0.3, -0.25) is 0 Å². The summed E-state index contributed by atoms with van der Waals surface area (Å²) in [4.78, 5) is 0. The normalized spacial score (nSPS) is 26.7. The Morgan fingerprint density at radius 3 is 1.58 bits per heavy atom. The highest BCUT2D eigenvalue weighted by molar-refractivity contribution is 6.02. The Labute approximate surface area is 217 Å². The first kappa shape index (κ1) is 23.3. The second kappa shape index (κ2) is 7.22. The second-order valence-electron chi connectivity index (χ2n) is 13.4. The van der Waals surface area contributed by atoms with Gasteiger partial charge in [0.2, 0.25) is 0 Å². The zero-order valence-corrected chi connectivity index (χ0v) is 23.1. The summed E-state index contributed by atoms with van der Waals surface area (Å²) in [6.07, 6.45) is 12.6. The lowest BCUT2D eigenvalue weighted by atomic mass is 9.42. The summed E-state index contributed by atoms with van der Waals surface area (Å²) in [5, 5.41) is 0. The molecule has 0 amide bonds. The number of fused-ring (bicyclic) bond motifs is 3. The summed E-state index contributed by atoms with van der Waals surface area (Å²) in [5.41, 5.74) is 13.9. The van der Waals surface area contributed by atoms with E-state index in [1.807, 2.05) is 0 Å². The Bertz CT molecular complexity index is 1480. The maximum absolute atomic E-state index is 2.53. The van der Waals surface area contributed by atoms with Crippen molar-refractivity contribution in [2.75, 3.05) is 0 Å². The maximum Gasteiger partial charge on any atom is 0.0321 e. The van der Waals surface area contributed by atoms with Crippen LogP contribution in [0.5, 0.6) is 0 Å². The minimum atomic E-state index is -0.170. The van der Waals surface area contributed by atoms with Crippen LogP contribution < -0.4 is 0 Å². The zero-order chi connectivity index (χ0) is 25.7. The van der Waals surface area contributed by atoms with Crippen molar-refractivity contribution in [2.45, 2.75) is 55.4 Å². The predicted octanol–water partition coefficient (Wildman–Crippen LogP) is 9.85. The molecule has 0 radical (unpaired) electrons. The molecule has 6 rings (SSSR count). The van der Waals surface area contributed by atoms with Crippen LogP contribution in [0.4, 0.5) is 0 Å². The molecule has 0 bridgehead atoms. The minimum Gasteiger partial charge on any atom is -0.0622 e. The van der Waals surface area contributed by atoms with E-state index in [9.17, 15) is 0 Å². The number of rotatable bonds is 1. The van der Waals surface area contributed by atoms with Crippen molar-refractivity contribution >= 4 is 16.7 Å². The van der Waals surface area contributed by atoms with Gasteiger partial charge in [0.15, 0.2) is 0 Å². The molecule has 0 aliphatic heterocycles. The predicted molar refractivity (Wildman–Crippen MR) is 155 cm³/mol. The third kappa shape index (κ3) is 2.94. The molecule has 182 valence electrons. The van der Waals surface area contributed by atoms with Crippen LogP contribution in [0, 0.1) is 21.7 Å². The van der Waals surface area contributed by atoms with Crippen molar-refractivity contribution in [3.63, 3.8) is 0 Å². The van der Waals surface area contributed by atoms with Gasteiger partial charge in [-0.2, -0.15) is 0 Å². The highest BCUT2D eigenvalue weighted by Crippen LogP contribution is 2.72. The van der Waals surface area contributed by atoms with Gasteiger partial charge in [0.25, 0.3) is 0 Å². The Morgan fingerprint density at radius 2 is 1.03 bits per heavy atom. The highest BCUT2D eigenvalue weighted by Gasteiger charge is 2.60. The monoisotopic (exact) mass is 470 g/mol. The molecule has 2 aromatic carbocycles. The fourth-order valence-corrected chi connectivity index (χ4v) is 6.83. The van der Waals surface area contributed by atoms with E-state index in [0.29, 0.717) is 0 Å². The average molecular weight is 471 g/mol. The first-order valence-corrected chi connectivity index (χ1v) is 13.4. The number of hydrogen-bond donors (Lipinski definition) is 0. The molecule has 0 saturated heterocycles. The largest absolute Gasteiger partial charge is 0.0622 e. The van der Waals surface area contributed by atoms with Gasteiger partial charge in [-0.25, -0.2) is 0 Å². The van der Waals surface area contributed by atoms with Gasteiger partial charge in [-0.1, -0.05) is 134 Å². The molecule has 36 heavy (non-hydrogen) atoms. The van der Waals surface area contributed by atoms with E-state index in [-0.39, 0.29) is 21.7 Å². The van der Waals surface area contributed by atoms with Gasteiger partial charge in [-0.05, 0) is 72.6 Å². The molecule has 0 nitrogen and oxygen atoms in total. The highest BCUT2D eigenvalue weighted by atomic mass is 14.6. The molecule has 0 spiro atoms. The average Bonchev–Trinajstić information content (AvgIpc) is 2.82. The molecule has 0 heteroatoms. The molecule has 2 aromatic rings. The topological polar surface area (TPSA) is 0 Å². The molecule has 2 atom stereocenters. The molecule has 0 N–H and O–H groups in total. The number of benzene rings is 2. The van der Waals surface area contributed by atoms with Crippen molar-refractivity contribution < 1.29 is 0 Å². The van der Waals surface area contributed by atoms with Gasteiger partial charge in [0.1, 0.15) is 0 Å². The van der Waals surface area contributed by atoms with Crippen LogP contribution in [-0.4, -0.2) is 0 Å². The summed E-state index contributed by atoms with van der Waals surface area (Å²) in [6.45, 7) is 19.0. The lowest BCUT2D eigenvalue weighted by molar-refractivity contribution is 0.300. The van der Waals surface area contributed by atoms with Crippen LogP contribution >= 0.6 is 0 Å². The van der Waals surface area contributed by atoms with E-state index in [1.165, 1.54) is 55.7 Å². The van der Waals surface area contributed by atoms with Crippen LogP contribution in [0.3, 0.4) is 0 Å². The lowest BCUT2D eigenvalue weighted by Gasteiger charge is -2.60. The quantitative estimate of drug-likeness (QED) is 0.389. The molecular formula is C36H38. The fourth-order valence-electron chi connectivity index (χ4n) is 6.83.